The van der Waals surface area contributed by atoms with Crippen LogP contribution < -0.4 is 10.6 Å². The van der Waals surface area contributed by atoms with E-state index in [-0.39, 0.29) is 11.8 Å². The lowest BCUT2D eigenvalue weighted by atomic mass is 10.1. The Morgan fingerprint density at radius 3 is 2.77 bits per heavy atom. The van der Waals surface area contributed by atoms with Gasteiger partial charge in [0.1, 0.15) is 5.82 Å². The Morgan fingerprint density at radius 2 is 2.00 bits per heavy atom. The van der Waals surface area contributed by atoms with Gasteiger partial charge in [-0.25, -0.2) is 9.18 Å². The van der Waals surface area contributed by atoms with Crippen molar-refractivity contribution < 1.29 is 9.18 Å². The second-order valence-electron chi connectivity index (χ2n) is 4.63. The van der Waals surface area contributed by atoms with E-state index in [0.717, 1.165) is 5.56 Å². The summed E-state index contributed by atoms with van der Waals surface area (Å²) in [6.07, 6.45) is 3.75. The third-order valence-corrected chi connectivity index (χ3v) is 3.35. The first-order valence-corrected chi connectivity index (χ1v) is 7.23. The molecule has 0 radical (unpaired) electrons. The normalized spacial score (nSPS) is 10.6. The first-order chi connectivity index (χ1) is 10.6. The SMILES string of the molecule is O=C(N/C=C/c1cccc(F)c1)NCCc1ccccc1Cl. The van der Waals surface area contributed by atoms with Gasteiger partial charge < -0.3 is 10.6 Å². The van der Waals surface area contributed by atoms with Crippen molar-refractivity contribution in [2.75, 3.05) is 6.54 Å². The number of halogens is 2. The van der Waals surface area contributed by atoms with Gasteiger partial charge in [-0.15, -0.1) is 0 Å². The van der Waals surface area contributed by atoms with Gasteiger partial charge in [0.05, 0.1) is 0 Å². The Bertz CT molecular complexity index is 673. The second-order valence-corrected chi connectivity index (χ2v) is 5.04. The molecule has 0 aliphatic rings. The average Bonchev–Trinajstić information content (AvgIpc) is 2.49. The fourth-order valence-corrected chi connectivity index (χ4v) is 2.12. The van der Waals surface area contributed by atoms with Gasteiger partial charge in [0, 0.05) is 17.8 Å². The number of hydrogen-bond acceptors (Lipinski definition) is 1. The molecule has 0 atom stereocenters. The van der Waals surface area contributed by atoms with E-state index >= 15 is 0 Å². The molecule has 2 aromatic rings. The maximum atomic E-state index is 13.0. The fraction of sp³-hybridized carbons (Fsp3) is 0.118. The van der Waals surface area contributed by atoms with Crippen molar-refractivity contribution >= 4 is 23.7 Å². The van der Waals surface area contributed by atoms with Crippen LogP contribution in [-0.4, -0.2) is 12.6 Å². The van der Waals surface area contributed by atoms with Crippen molar-refractivity contribution in [1.82, 2.24) is 10.6 Å². The highest BCUT2D eigenvalue weighted by Gasteiger charge is 2.00. The van der Waals surface area contributed by atoms with Gasteiger partial charge in [-0.1, -0.05) is 41.9 Å². The van der Waals surface area contributed by atoms with Gasteiger partial charge in [0.25, 0.3) is 0 Å². The van der Waals surface area contributed by atoms with Crippen LogP contribution in [0.15, 0.2) is 54.7 Å². The summed E-state index contributed by atoms with van der Waals surface area (Å²) in [5.41, 5.74) is 1.66. The van der Waals surface area contributed by atoms with Crippen LogP contribution in [0.3, 0.4) is 0 Å². The van der Waals surface area contributed by atoms with E-state index in [1.54, 1.807) is 18.2 Å². The quantitative estimate of drug-likeness (QED) is 0.860. The van der Waals surface area contributed by atoms with Crippen molar-refractivity contribution in [1.29, 1.82) is 0 Å². The maximum absolute atomic E-state index is 13.0. The summed E-state index contributed by atoms with van der Waals surface area (Å²) in [5.74, 6) is -0.314. The number of urea groups is 1. The molecule has 0 spiro atoms. The Hall–Kier alpha value is -2.33. The van der Waals surface area contributed by atoms with E-state index in [0.29, 0.717) is 23.6 Å². The van der Waals surface area contributed by atoms with Gasteiger partial charge in [-0.2, -0.15) is 0 Å². The molecular weight excluding hydrogens is 303 g/mol. The van der Waals surface area contributed by atoms with Gasteiger partial charge in [0.15, 0.2) is 0 Å². The predicted octanol–water partition coefficient (Wildman–Crippen LogP) is 3.99. The molecule has 2 aromatic carbocycles. The molecule has 0 aliphatic heterocycles. The molecule has 0 saturated carbocycles. The van der Waals surface area contributed by atoms with Gasteiger partial charge in [-0.3, -0.25) is 0 Å². The maximum Gasteiger partial charge on any atom is 0.318 e. The van der Waals surface area contributed by atoms with Crippen LogP contribution in [0.25, 0.3) is 6.08 Å². The molecule has 0 fully saturated rings. The molecule has 0 heterocycles. The summed E-state index contributed by atoms with van der Waals surface area (Å²) < 4.78 is 13.0. The highest BCUT2D eigenvalue weighted by atomic mass is 35.5. The van der Waals surface area contributed by atoms with Crippen LogP contribution in [0, 0.1) is 5.82 Å². The highest BCUT2D eigenvalue weighted by molar-refractivity contribution is 6.31. The zero-order valence-corrected chi connectivity index (χ0v) is 12.6. The number of nitrogens with one attached hydrogen (secondary N) is 2. The average molecular weight is 319 g/mol. The third-order valence-electron chi connectivity index (χ3n) is 2.98. The highest BCUT2D eigenvalue weighted by Crippen LogP contribution is 2.14. The molecule has 3 nitrogen and oxygen atoms in total. The molecule has 22 heavy (non-hydrogen) atoms. The van der Waals surface area contributed by atoms with Crippen LogP contribution in [0.2, 0.25) is 5.02 Å². The topological polar surface area (TPSA) is 41.1 Å². The Labute approximate surface area is 133 Å². The molecule has 0 saturated heterocycles. The van der Waals surface area contributed by atoms with Crippen molar-refractivity contribution in [2.45, 2.75) is 6.42 Å². The van der Waals surface area contributed by atoms with E-state index in [1.165, 1.54) is 18.3 Å². The summed E-state index contributed by atoms with van der Waals surface area (Å²) in [4.78, 5) is 11.6. The standard InChI is InChI=1S/C17H16ClFN2O/c18-16-7-2-1-5-14(16)9-11-21-17(22)20-10-8-13-4-3-6-15(19)12-13/h1-8,10,12H,9,11H2,(H2,20,21,22)/b10-8+. The number of rotatable bonds is 5. The van der Waals surface area contributed by atoms with E-state index in [9.17, 15) is 9.18 Å². The summed E-state index contributed by atoms with van der Waals surface area (Å²) in [6.45, 7) is 0.476. The Morgan fingerprint density at radius 1 is 1.18 bits per heavy atom. The van der Waals surface area contributed by atoms with E-state index in [4.69, 9.17) is 11.6 Å². The summed E-state index contributed by atoms with van der Waals surface area (Å²) in [5, 5.41) is 5.98. The molecule has 0 unspecified atom stereocenters. The molecule has 114 valence electrons. The number of hydrogen-bond donors (Lipinski definition) is 2. The van der Waals surface area contributed by atoms with Crippen molar-refractivity contribution in [3.05, 3.63) is 76.7 Å². The number of amides is 2. The first kappa shape index (κ1) is 16.0. The van der Waals surface area contributed by atoms with E-state index < -0.39 is 0 Å². The molecule has 2 rings (SSSR count). The molecule has 5 heteroatoms. The lowest BCUT2D eigenvalue weighted by Crippen LogP contribution is -2.33. The predicted molar refractivity (Wildman–Crippen MR) is 87.1 cm³/mol. The lowest BCUT2D eigenvalue weighted by Gasteiger charge is -2.06. The lowest BCUT2D eigenvalue weighted by molar-refractivity contribution is 0.244. The number of carbonyl (C=O) groups is 1. The number of carbonyl (C=O) groups excluding carboxylic acids is 1. The van der Waals surface area contributed by atoms with Crippen LogP contribution >= 0.6 is 11.6 Å². The minimum atomic E-state index is -0.320. The summed E-state index contributed by atoms with van der Waals surface area (Å²) >= 11 is 6.03. The van der Waals surface area contributed by atoms with Crippen molar-refractivity contribution in [3.63, 3.8) is 0 Å². The van der Waals surface area contributed by atoms with E-state index in [2.05, 4.69) is 10.6 Å². The van der Waals surface area contributed by atoms with Gasteiger partial charge in [0.2, 0.25) is 0 Å². The molecule has 0 aliphatic carbocycles. The smallest absolute Gasteiger partial charge is 0.318 e. The Balaban J connectivity index is 1.73. The molecule has 2 amide bonds. The van der Waals surface area contributed by atoms with Crippen molar-refractivity contribution in [3.8, 4) is 0 Å². The largest absolute Gasteiger partial charge is 0.338 e. The second kappa shape index (κ2) is 8.20. The van der Waals surface area contributed by atoms with Crippen LogP contribution in [0.5, 0.6) is 0 Å². The van der Waals surface area contributed by atoms with Crippen LogP contribution in [0.4, 0.5) is 9.18 Å². The van der Waals surface area contributed by atoms with Gasteiger partial charge >= 0.3 is 6.03 Å². The molecule has 0 aromatic heterocycles. The summed E-state index contributed by atoms with van der Waals surface area (Å²) in [6, 6.07) is 13.3. The molecular formula is C17H16ClFN2O. The number of benzene rings is 2. The molecule has 2 N–H and O–H groups in total. The van der Waals surface area contributed by atoms with Gasteiger partial charge in [-0.05, 0) is 41.8 Å². The molecule has 0 bridgehead atoms. The minimum absolute atomic E-state index is 0.314. The van der Waals surface area contributed by atoms with Crippen LogP contribution in [-0.2, 0) is 6.42 Å². The zero-order chi connectivity index (χ0) is 15.8. The van der Waals surface area contributed by atoms with E-state index in [1.807, 2.05) is 24.3 Å². The summed E-state index contributed by atoms with van der Waals surface area (Å²) in [7, 11) is 0. The monoisotopic (exact) mass is 318 g/mol. The minimum Gasteiger partial charge on any atom is -0.338 e. The van der Waals surface area contributed by atoms with Crippen molar-refractivity contribution in [2.24, 2.45) is 0 Å². The fourth-order valence-electron chi connectivity index (χ4n) is 1.89. The van der Waals surface area contributed by atoms with Crippen LogP contribution in [0.1, 0.15) is 11.1 Å². The zero-order valence-electron chi connectivity index (χ0n) is 11.9. The first-order valence-electron chi connectivity index (χ1n) is 6.85. The Kier molecular flexibility index (Phi) is 5.98. The third kappa shape index (κ3) is 5.22.